The second kappa shape index (κ2) is 4.85. The number of hydrogen-bond donors (Lipinski definition) is 0. The molecule has 2 heterocycles. The third-order valence-corrected chi connectivity index (χ3v) is 3.88. The topological polar surface area (TPSA) is 38.9 Å². The molecule has 0 aromatic carbocycles. The minimum atomic E-state index is 0.422. The third-order valence-electron chi connectivity index (χ3n) is 1.98. The zero-order chi connectivity index (χ0) is 11.7. The van der Waals surface area contributed by atoms with Gasteiger partial charge in [0.1, 0.15) is 5.15 Å². The second-order valence-electron chi connectivity index (χ2n) is 3.09. The third kappa shape index (κ3) is 2.47. The molecule has 0 aliphatic rings. The maximum atomic E-state index is 5.91. The molecule has 2 aromatic heterocycles. The fourth-order valence-corrected chi connectivity index (χ4v) is 2.00. The van der Waals surface area contributed by atoms with E-state index in [-0.39, 0.29) is 0 Å². The highest BCUT2D eigenvalue weighted by molar-refractivity contribution is 9.13. The van der Waals surface area contributed by atoms with Gasteiger partial charge in [0.05, 0.1) is 4.47 Å². The molecule has 16 heavy (non-hydrogen) atoms. The SMILES string of the molecule is CCc1cc(Cl)nc(-c2cc(Br)c(Br)o2)n1. The van der Waals surface area contributed by atoms with Gasteiger partial charge in [-0.1, -0.05) is 18.5 Å². The molecule has 6 heteroatoms. The van der Waals surface area contributed by atoms with Crippen LogP contribution in [0.15, 0.2) is 25.7 Å². The van der Waals surface area contributed by atoms with Crippen LogP contribution in [0.2, 0.25) is 5.15 Å². The number of aromatic nitrogens is 2. The first-order valence-corrected chi connectivity index (χ1v) is 6.55. The van der Waals surface area contributed by atoms with Crippen molar-refractivity contribution in [1.29, 1.82) is 0 Å². The van der Waals surface area contributed by atoms with Gasteiger partial charge in [0.15, 0.2) is 16.3 Å². The zero-order valence-electron chi connectivity index (χ0n) is 8.30. The Morgan fingerprint density at radius 3 is 2.62 bits per heavy atom. The second-order valence-corrected chi connectivity index (χ2v) is 5.05. The Hall–Kier alpha value is -0.390. The van der Waals surface area contributed by atoms with Crippen LogP contribution in [0.4, 0.5) is 0 Å². The molecular formula is C10H7Br2ClN2O. The molecule has 2 rings (SSSR count). The van der Waals surface area contributed by atoms with Crippen LogP contribution in [0.25, 0.3) is 11.6 Å². The van der Waals surface area contributed by atoms with Gasteiger partial charge in [-0.15, -0.1) is 0 Å². The molecule has 0 saturated heterocycles. The molecule has 0 aliphatic heterocycles. The van der Waals surface area contributed by atoms with Gasteiger partial charge in [-0.25, -0.2) is 9.97 Å². The Morgan fingerprint density at radius 2 is 2.06 bits per heavy atom. The number of rotatable bonds is 2. The minimum absolute atomic E-state index is 0.422. The van der Waals surface area contributed by atoms with Crippen molar-refractivity contribution in [2.75, 3.05) is 0 Å². The van der Waals surface area contributed by atoms with Crippen molar-refractivity contribution >= 4 is 43.5 Å². The molecule has 0 saturated carbocycles. The van der Waals surface area contributed by atoms with Crippen LogP contribution in [-0.4, -0.2) is 9.97 Å². The van der Waals surface area contributed by atoms with E-state index in [1.807, 2.05) is 6.92 Å². The molecule has 0 radical (unpaired) electrons. The van der Waals surface area contributed by atoms with Gasteiger partial charge in [-0.2, -0.15) is 0 Å². The lowest BCUT2D eigenvalue weighted by Crippen LogP contribution is -1.93. The van der Waals surface area contributed by atoms with Crippen molar-refractivity contribution in [2.45, 2.75) is 13.3 Å². The minimum Gasteiger partial charge on any atom is -0.445 e. The van der Waals surface area contributed by atoms with Crippen LogP contribution in [0, 0.1) is 0 Å². The van der Waals surface area contributed by atoms with Crippen molar-refractivity contribution in [3.05, 3.63) is 32.1 Å². The fourth-order valence-electron chi connectivity index (χ4n) is 1.21. The molecule has 0 atom stereocenters. The summed E-state index contributed by atoms with van der Waals surface area (Å²) in [5, 5.41) is 0.422. The number of nitrogens with zero attached hydrogens (tertiary/aromatic N) is 2. The predicted octanol–water partition coefficient (Wildman–Crippen LogP) is 4.48. The van der Waals surface area contributed by atoms with Crippen molar-refractivity contribution in [2.24, 2.45) is 0 Å². The van der Waals surface area contributed by atoms with E-state index in [0.717, 1.165) is 16.6 Å². The van der Waals surface area contributed by atoms with E-state index >= 15 is 0 Å². The average Bonchev–Trinajstić information content (AvgIpc) is 2.58. The van der Waals surface area contributed by atoms with Crippen molar-refractivity contribution in [1.82, 2.24) is 9.97 Å². The molecule has 84 valence electrons. The average molecular weight is 366 g/mol. The molecule has 0 N–H and O–H groups in total. The van der Waals surface area contributed by atoms with E-state index in [2.05, 4.69) is 41.8 Å². The summed E-state index contributed by atoms with van der Waals surface area (Å²) in [6, 6.07) is 3.55. The van der Waals surface area contributed by atoms with Crippen molar-refractivity contribution in [3.8, 4) is 11.6 Å². The van der Waals surface area contributed by atoms with Gasteiger partial charge in [-0.05, 0) is 44.3 Å². The molecular weight excluding hydrogens is 359 g/mol. The summed E-state index contributed by atoms with van der Waals surface area (Å²) in [7, 11) is 0. The standard InChI is InChI=1S/C10H7Br2ClN2O/c1-2-5-3-8(13)15-10(14-5)7-4-6(11)9(12)16-7/h3-4H,2H2,1H3. The first kappa shape index (κ1) is 12.1. The molecule has 0 unspecified atom stereocenters. The quantitative estimate of drug-likeness (QED) is 0.736. The van der Waals surface area contributed by atoms with Crippen molar-refractivity contribution in [3.63, 3.8) is 0 Å². The summed E-state index contributed by atoms with van der Waals surface area (Å²) in [4.78, 5) is 8.47. The van der Waals surface area contributed by atoms with E-state index in [1.54, 1.807) is 12.1 Å². The normalized spacial score (nSPS) is 10.8. The maximum Gasteiger partial charge on any atom is 0.197 e. The molecule has 0 spiro atoms. The highest BCUT2D eigenvalue weighted by atomic mass is 79.9. The largest absolute Gasteiger partial charge is 0.445 e. The van der Waals surface area contributed by atoms with Gasteiger partial charge >= 0.3 is 0 Å². The maximum absolute atomic E-state index is 5.91. The van der Waals surface area contributed by atoms with E-state index in [9.17, 15) is 0 Å². The van der Waals surface area contributed by atoms with Gasteiger partial charge < -0.3 is 4.42 Å². The van der Waals surface area contributed by atoms with Crippen LogP contribution in [-0.2, 0) is 6.42 Å². The van der Waals surface area contributed by atoms with Crippen LogP contribution in [0.1, 0.15) is 12.6 Å². The van der Waals surface area contributed by atoms with Gasteiger partial charge in [0, 0.05) is 11.8 Å². The first-order chi connectivity index (χ1) is 7.60. The lowest BCUT2D eigenvalue weighted by molar-refractivity contribution is 0.549. The van der Waals surface area contributed by atoms with Crippen LogP contribution >= 0.6 is 43.5 Å². The Balaban J connectivity index is 2.50. The highest BCUT2D eigenvalue weighted by Crippen LogP contribution is 2.31. The molecule has 3 nitrogen and oxygen atoms in total. The van der Waals surface area contributed by atoms with E-state index in [1.165, 1.54) is 0 Å². The van der Waals surface area contributed by atoms with Crippen LogP contribution in [0.3, 0.4) is 0 Å². The summed E-state index contributed by atoms with van der Waals surface area (Å²) in [6.45, 7) is 2.01. The summed E-state index contributed by atoms with van der Waals surface area (Å²) in [5.41, 5.74) is 0.888. The van der Waals surface area contributed by atoms with E-state index in [0.29, 0.717) is 21.4 Å². The molecule has 0 bridgehead atoms. The molecule has 0 aliphatic carbocycles. The summed E-state index contributed by atoms with van der Waals surface area (Å²) in [6.07, 6.45) is 0.804. The summed E-state index contributed by atoms with van der Waals surface area (Å²) >= 11 is 12.5. The zero-order valence-corrected chi connectivity index (χ0v) is 12.2. The first-order valence-electron chi connectivity index (χ1n) is 4.58. The summed E-state index contributed by atoms with van der Waals surface area (Å²) < 4.78 is 6.88. The monoisotopic (exact) mass is 364 g/mol. The lowest BCUT2D eigenvalue weighted by atomic mass is 10.3. The lowest BCUT2D eigenvalue weighted by Gasteiger charge is -2.00. The van der Waals surface area contributed by atoms with Crippen LogP contribution < -0.4 is 0 Å². The molecule has 0 amide bonds. The smallest absolute Gasteiger partial charge is 0.197 e. The number of aryl methyl sites for hydroxylation is 1. The Morgan fingerprint density at radius 1 is 1.31 bits per heavy atom. The van der Waals surface area contributed by atoms with Crippen molar-refractivity contribution < 1.29 is 4.42 Å². The molecule has 2 aromatic rings. The Labute approximate surface area is 114 Å². The fraction of sp³-hybridized carbons (Fsp3) is 0.200. The van der Waals surface area contributed by atoms with Crippen LogP contribution in [0.5, 0.6) is 0 Å². The highest BCUT2D eigenvalue weighted by Gasteiger charge is 2.12. The Bertz CT molecular complexity index is 508. The number of furan rings is 1. The number of hydrogen-bond acceptors (Lipinski definition) is 3. The van der Waals surface area contributed by atoms with E-state index in [4.69, 9.17) is 16.0 Å². The summed E-state index contributed by atoms with van der Waals surface area (Å²) in [5.74, 6) is 1.08. The van der Waals surface area contributed by atoms with E-state index < -0.39 is 0 Å². The van der Waals surface area contributed by atoms with Gasteiger partial charge in [0.25, 0.3) is 0 Å². The number of halogens is 3. The van der Waals surface area contributed by atoms with Gasteiger partial charge in [-0.3, -0.25) is 0 Å². The van der Waals surface area contributed by atoms with Gasteiger partial charge in [0.2, 0.25) is 0 Å². The Kier molecular flexibility index (Phi) is 3.66. The molecule has 0 fully saturated rings. The predicted molar refractivity (Wildman–Crippen MR) is 69.5 cm³/mol.